The van der Waals surface area contributed by atoms with Crippen molar-refractivity contribution in [1.29, 1.82) is 0 Å². The van der Waals surface area contributed by atoms with Crippen LogP contribution in [-0.4, -0.2) is 65.9 Å². The zero-order valence-corrected chi connectivity index (χ0v) is 13.2. The van der Waals surface area contributed by atoms with Crippen LogP contribution in [0.5, 0.6) is 0 Å². The van der Waals surface area contributed by atoms with Gasteiger partial charge in [0.2, 0.25) is 11.8 Å². The maximum Gasteiger partial charge on any atom is 0.240 e. The number of hydrogen-bond donors (Lipinski definition) is 2. The van der Waals surface area contributed by atoms with Crippen molar-refractivity contribution < 1.29 is 9.59 Å². The SMILES string of the molecule is CC(C)N(CC(N)=O)C(=O)C1CCCN1C1CCNCC1. The van der Waals surface area contributed by atoms with Gasteiger partial charge in [-0.05, 0) is 59.2 Å². The summed E-state index contributed by atoms with van der Waals surface area (Å²) in [6, 6.07) is 0.417. The molecule has 0 aliphatic carbocycles. The van der Waals surface area contributed by atoms with Crippen LogP contribution in [0, 0.1) is 0 Å². The van der Waals surface area contributed by atoms with Gasteiger partial charge in [0.15, 0.2) is 0 Å². The number of amides is 2. The number of nitrogens with zero attached hydrogens (tertiary/aromatic N) is 2. The number of carbonyl (C=O) groups excluding carboxylic acids is 2. The van der Waals surface area contributed by atoms with Crippen LogP contribution in [0.3, 0.4) is 0 Å². The lowest BCUT2D eigenvalue weighted by atomic mass is 10.0. The zero-order valence-electron chi connectivity index (χ0n) is 13.2. The highest BCUT2D eigenvalue weighted by molar-refractivity contribution is 5.87. The fraction of sp³-hybridized carbons (Fsp3) is 0.867. The average Bonchev–Trinajstić information content (AvgIpc) is 2.94. The minimum absolute atomic E-state index is 0.000438. The number of hydrogen-bond acceptors (Lipinski definition) is 4. The smallest absolute Gasteiger partial charge is 0.240 e. The van der Waals surface area contributed by atoms with E-state index in [4.69, 9.17) is 5.73 Å². The largest absolute Gasteiger partial charge is 0.368 e. The number of likely N-dealkylation sites (tertiary alicyclic amines) is 1. The number of primary amides is 1. The van der Waals surface area contributed by atoms with E-state index in [1.807, 2.05) is 13.8 Å². The molecule has 0 aromatic carbocycles. The van der Waals surface area contributed by atoms with Gasteiger partial charge in [0.05, 0.1) is 12.6 Å². The second-order valence-corrected chi connectivity index (χ2v) is 6.40. The molecule has 0 spiro atoms. The van der Waals surface area contributed by atoms with Crippen molar-refractivity contribution in [2.45, 2.75) is 57.7 Å². The molecule has 0 aromatic heterocycles. The Morgan fingerprint density at radius 1 is 1.29 bits per heavy atom. The molecule has 6 nitrogen and oxygen atoms in total. The molecular formula is C15H28N4O2. The van der Waals surface area contributed by atoms with Crippen molar-refractivity contribution in [2.24, 2.45) is 5.73 Å². The first-order chi connectivity index (χ1) is 10.0. The Morgan fingerprint density at radius 3 is 2.52 bits per heavy atom. The van der Waals surface area contributed by atoms with Crippen LogP contribution < -0.4 is 11.1 Å². The molecule has 2 saturated heterocycles. The first kappa shape index (κ1) is 16.2. The maximum absolute atomic E-state index is 12.8. The van der Waals surface area contributed by atoms with Crippen LogP contribution in [0.4, 0.5) is 0 Å². The van der Waals surface area contributed by atoms with E-state index in [1.165, 1.54) is 0 Å². The predicted molar refractivity (Wildman–Crippen MR) is 81.7 cm³/mol. The third kappa shape index (κ3) is 3.95. The Balaban J connectivity index is 2.06. The van der Waals surface area contributed by atoms with Crippen LogP contribution in [0.25, 0.3) is 0 Å². The molecular weight excluding hydrogens is 268 g/mol. The van der Waals surface area contributed by atoms with Gasteiger partial charge in [-0.15, -0.1) is 0 Å². The second kappa shape index (κ2) is 7.22. The molecule has 2 amide bonds. The van der Waals surface area contributed by atoms with Gasteiger partial charge < -0.3 is 16.0 Å². The Labute approximate surface area is 127 Å². The molecule has 2 rings (SSSR count). The number of piperidine rings is 1. The van der Waals surface area contributed by atoms with Gasteiger partial charge in [0.25, 0.3) is 0 Å². The molecule has 0 aromatic rings. The van der Waals surface area contributed by atoms with Crippen LogP contribution in [0.2, 0.25) is 0 Å². The Hall–Kier alpha value is -1.14. The molecule has 0 bridgehead atoms. The molecule has 120 valence electrons. The summed E-state index contributed by atoms with van der Waals surface area (Å²) in [5.74, 6) is -0.372. The molecule has 2 fully saturated rings. The standard InChI is InChI=1S/C15H28N4O2/c1-11(2)19(10-14(16)20)15(21)13-4-3-9-18(13)12-5-7-17-8-6-12/h11-13,17H,3-10H2,1-2H3,(H2,16,20). The van der Waals surface area contributed by atoms with E-state index in [-0.39, 0.29) is 24.5 Å². The quantitative estimate of drug-likeness (QED) is 0.744. The Morgan fingerprint density at radius 2 is 1.95 bits per heavy atom. The van der Waals surface area contributed by atoms with E-state index in [2.05, 4.69) is 10.2 Å². The molecule has 2 aliphatic heterocycles. The molecule has 2 heterocycles. The number of carbonyl (C=O) groups is 2. The predicted octanol–water partition coefficient (Wildman–Crippen LogP) is -0.0749. The summed E-state index contributed by atoms with van der Waals surface area (Å²) in [4.78, 5) is 28.1. The third-order valence-corrected chi connectivity index (χ3v) is 4.59. The van der Waals surface area contributed by atoms with Crippen molar-refractivity contribution in [3.8, 4) is 0 Å². The normalized spacial score (nSPS) is 24.4. The van der Waals surface area contributed by atoms with Gasteiger partial charge >= 0.3 is 0 Å². The first-order valence-corrected chi connectivity index (χ1v) is 8.06. The monoisotopic (exact) mass is 296 g/mol. The molecule has 1 atom stereocenters. The summed E-state index contributed by atoms with van der Waals surface area (Å²) < 4.78 is 0. The van der Waals surface area contributed by atoms with Crippen molar-refractivity contribution in [3.63, 3.8) is 0 Å². The van der Waals surface area contributed by atoms with E-state index < -0.39 is 5.91 Å². The van der Waals surface area contributed by atoms with E-state index in [0.717, 1.165) is 45.3 Å². The maximum atomic E-state index is 12.8. The fourth-order valence-electron chi connectivity index (χ4n) is 3.50. The highest BCUT2D eigenvalue weighted by Crippen LogP contribution is 2.26. The number of rotatable bonds is 5. The van der Waals surface area contributed by atoms with Crippen molar-refractivity contribution >= 4 is 11.8 Å². The molecule has 3 N–H and O–H groups in total. The summed E-state index contributed by atoms with van der Waals surface area (Å²) >= 11 is 0. The summed E-state index contributed by atoms with van der Waals surface area (Å²) in [6.45, 7) is 6.93. The highest BCUT2D eigenvalue weighted by Gasteiger charge is 2.38. The van der Waals surface area contributed by atoms with Gasteiger partial charge in [-0.25, -0.2) is 0 Å². The lowest BCUT2D eigenvalue weighted by Crippen LogP contribution is -2.54. The van der Waals surface area contributed by atoms with Crippen LogP contribution in [-0.2, 0) is 9.59 Å². The zero-order chi connectivity index (χ0) is 15.4. The summed E-state index contributed by atoms with van der Waals surface area (Å²) in [7, 11) is 0. The van der Waals surface area contributed by atoms with E-state index in [0.29, 0.717) is 6.04 Å². The van der Waals surface area contributed by atoms with Gasteiger partial charge in [-0.1, -0.05) is 0 Å². The Kier molecular flexibility index (Phi) is 5.58. The molecule has 6 heteroatoms. The number of nitrogens with one attached hydrogen (secondary N) is 1. The molecule has 1 unspecified atom stereocenters. The minimum atomic E-state index is -0.441. The van der Waals surface area contributed by atoms with Crippen LogP contribution in [0.15, 0.2) is 0 Å². The van der Waals surface area contributed by atoms with Crippen molar-refractivity contribution in [2.75, 3.05) is 26.2 Å². The van der Waals surface area contributed by atoms with E-state index in [1.54, 1.807) is 4.90 Å². The molecule has 0 radical (unpaired) electrons. The van der Waals surface area contributed by atoms with Crippen molar-refractivity contribution in [3.05, 3.63) is 0 Å². The van der Waals surface area contributed by atoms with Crippen molar-refractivity contribution in [1.82, 2.24) is 15.1 Å². The summed E-state index contributed by atoms with van der Waals surface area (Å²) in [5.41, 5.74) is 5.29. The van der Waals surface area contributed by atoms with Crippen LogP contribution >= 0.6 is 0 Å². The minimum Gasteiger partial charge on any atom is -0.368 e. The van der Waals surface area contributed by atoms with Crippen LogP contribution in [0.1, 0.15) is 39.5 Å². The Bertz CT molecular complexity index is 380. The average molecular weight is 296 g/mol. The lowest BCUT2D eigenvalue weighted by Gasteiger charge is -2.38. The van der Waals surface area contributed by atoms with Gasteiger partial charge in [0, 0.05) is 12.1 Å². The summed E-state index contributed by atoms with van der Waals surface area (Å²) in [6.07, 6.45) is 4.15. The number of nitrogens with two attached hydrogens (primary N) is 1. The van der Waals surface area contributed by atoms with Gasteiger partial charge in [0.1, 0.15) is 0 Å². The topological polar surface area (TPSA) is 78.7 Å². The summed E-state index contributed by atoms with van der Waals surface area (Å²) in [5, 5.41) is 3.37. The van der Waals surface area contributed by atoms with Gasteiger partial charge in [-0.2, -0.15) is 0 Å². The fourth-order valence-corrected chi connectivity index (χ4v) is 3.50. The van der Waals surface area contributed by atoms with E-state index in [9.17, 15) is 9.59 Å². The first-order valence-electron chi connectivity index (χ1n) is 8.06. The molecule has 0 saturated carbocycles. The molecule has 21 heavy (non-hydrogen) atoms. The van der Waals surface area contributed by atoms with E-state index >= 15 is 0 Å². The molecule has 2 aliphatic rings. The lowest BCUT2D eigenvalue weighted by molar-refractivity contribution is -0.141. The second-order valence-electron chi connectivity index (χ2n) is 6.40. The highest BCUT2D eigenvalue weighted by atomic mass is 16.2. The third-order valence-electron chi connectivity index (χ3n) is 4.59. The van der Waals surface area contributed by atoms with Gasteiger partial charge in [-0.3, -0.25) is 14.5 Å².